The summed E-state index contributed by atoms with van der Waals surface area (Å²) in [5.41, 5.74) is -0.193. The lowest BCUT2D eigenvalue weighted by Crippen LogP contribution is -2.62. The van der Waals surface area contributed by atoms with E-state index in [4.69, 9.17) is 4.74 Å². The smallest absolute Gasteiger partial charge is 0.341 e. The van der Waals surface area contributed by atoms with E-state index in [1.165, 1.54) is 0 Å². The Balaban J connectivity index is 2.17. The molecule has 1 aliphatic heterocycles. The van der Waals surface area contributed by atoms with Crippen molar-refractivity contribution in [2.24, 2.45) is 0 Å². The van der Waals surface area contributed by atoms with E-state index in [9.17, 15) is 9.90 Å². The van der Waals surface area contributed by atoms with Crippen LogP contribution < -0.4 is 4.90 Å². The standard InChI is InChI=1S/C13H18N2O3/c1-3-13(17)8-15(9-13)11-10(6-5-7-14-11)12(16)18-4-2/h5-7,17H,3-4,8-9H2,1-2H3. The van der Waals surface area contributed by atoms with Crippen molar-refractivity contribution >= 4 is 11.8 Å². The molecule has 1 N–H and O–H groups in total. The third-order valence-electron chi connectivity index (χ3n) is 3.21. The van der Waals surface area contributed by atoms with Crippen LogP contribution in [0.25, 0.3) is 0 Å². The number of anilines is 1. The average molecular weight is 250 g/mol. The zero-order chi connectivity index (χ0) is 13.2. The number of hydrogen-bond acceptors (Lipinski definition) is 5. The Morgan fingerprint density at radius 2 is 2.28 bits per heavy atom. The van der Waals surface area contributed by atoms with Crippen LogP contribution in [0.3, 0.4) is 0 Å². The van der Waals surface area contributed by atoms with Crippen LogP contribution in [0, 0.1) is 0 Å². The molecule has 0 bridgehead atoms. The van der Waals surface area contributed by atoms with E-state index in [1.807, 2.05) is 11.8 Å². The molecule has 5 heteroatoms. The molecule has 0 radical (unpaired) electrons. The summed E-state index contributed by atoms with van der Waals surface area (Å²) < 4.78 is 5.00. The third kappa shape index (κ3) is 2.31. The van der Waals surface area contributed by atoms with Gasteiger partial charge < -0.3 is 14.7 Å². The fourth-order valence-corrected chi connectivity index (χ4v) is 2.05. The van der Waals surface area contributed by atoms with E-state index < -0.39 is 5.60 Å². The molecule has 1 saturated heterocycles. The highest BCUT2D eigenvalue weighted by Gasteiger charge is 2.41. The van der Waals surface area contributed by atoms with Gasteiger partial charge in [-0.05, 0) is 25.5 Å². The molecule has 0 amide bonds. The van der Waals surface area contributed by atoms with Gasteiger partial charge in [-0.15, -0.1) is 0 Å². The monoisotopic (exact) mass is 250 g/mol. The van der Waals surface area contributed by atoms with Gasteiger partial charge in [0.2, 0.25) is 0 Å². The second-order valence-corrected chi connectivity index (χ2v) is 4.53. The van der Waals surface area contributed by atoms with Crippen molar-refractivity contribution in [1.82, 2.24) is 4.98 Å². The largest absolute Gasteiger partial charge is 0.462 e. The molecule has 0 atom stereocenters. The van der Waals surface area contributed by atoms with E-state index in [0.717, 1.165) is 0 Å². The molecule has 1 aromatic heterocycles. The lowest BCUT2D eigenvalue weighted by atomic mass is 9.91. The van der Waals surface area contributed by atoms with Crippen molar-refractivity contribution in [3.63, 3.8) is 0 Å². The van der Waals surface area contributed by atoms with Gasteiger partial charge in [0.1, 0.15) is 11.4 Å². The first-order valence-corrected chi connectivity index (χ1v) is 6.19. The molecule has 0 unspecified atom stereocenters. The summed E-state index contributed by atoms with van der Waals surface area (Å²) >= 11 is 0. The number of esters is 1. The Hall–Kier alpha value is -1.62. The SMILES string of the molecule is CCOC(=O)c1cccnc1N1CC(O)(CC)C1. The number of rotatable bonds is 4. The molecular weight excluding hydrogens is 232 g/mol. The molecule has 1 aliphatic rings. The van der Waals surface area contributed by atoms with Crippen LogP contribution in [0.1, 0.15) is 30.6 Å². The molecule has 0 spiro atoms. The maximum absolute atomic E-state index is 11.8. The number of hydrogen-bond donors (Lipinski definition) is 1. The average Bonchev–Trinajstić information content (AvgIpc) is 2.35. The summed E-state index contributed by atoms with van der Waals surface area (Å²) in [7, 11) is 0. The quantitative estimate of drug-likeness (QED) is 0.814. The highest BCUT2D eigenvalue weighted by molar-refractivity contribution is 5.95. The van der Waals surface area contributed by atoms with Crippen molar-refractivity contribution in [2.75, 3.05) is 24.6 Å². The summed E-state index contributed by atoms with van der Waals surface area (Å²) in [6.07, 6.45) is 2.34. The summed E-state index contributed by atoms with van der Waals surface area (Å²) in [5, 5.41) is 10.00. The van der Waals surface area contributed by atoms with Gasteiger partial charge in [-0.2, -0.15) is 0 Å². The predicted octanol–water partition coefficient (Wildman–Crippen LogP) is 1.22. The fraction of sp³-hybridized carbons (Fsp3) is 0.538. The van der Waals surface area contributed by atoms with Crippen LogP contribution in [0.5, 0.6) is 0 Å². The van der Waals surface area contributed by atoms with Gasteiger partial charge >= 0.3 is 5.97 Å². The van der Waals surface area contributed by atoms with Crippen LogP contribution >= 0.6 is 0 Å². The normalized spacial score (nSPS) is 17.2. The second-order valence-electron chi connectivity index (χ2n) is 4.53. The summed E-state index contributed by atoms with van der Waals surface area (Å²) in [5.74, 6) is 0.224. The Bertz CT molecular complexity index is 442. The van der Waals surface area contributed by atoms with Crippen LogP contribution in [0.4, 0.5) is 5.82 Å². The third-order valence-corrected chi connectivity index (χ3v) is 3.21. The summed E-state index contributed by atoms with van der Waals surface area (Å²) in [6, 6.07) is 3.41. The van der Waals surface area contributed by atoms with Crippen molar-refractivity contribution < 1.29 is 14.6 Å². The molecule has 98 valence electrons. The zero-order valence-corrected chi connectivity index (χ0v) is 10.7. The van der Waals surface area contributed by atoms with Crippen LogP contribution in [-0.2, 0) is 4.74 Å². The minimum absolute atomic E-state index is 0.339. The first kappa shape index (κ1) is 12.8. The number of carbonyl (C=O) groups is 1. The van der Waals surface area contributed by atoms with E-state index in [2.05, 4.69) is 4.98 Å². The van der Waals surface area contributed by atoms with Crippen molar-refractivity contribution in [1.29, 1.82) is 0 Å². The summed E-state index contributed by atoms with van der Waals surface area (Å²) in [6.45, 7) is 5.07. The first-order valence-electron chi connectivity index (χ1n) is 6.19. The van der Waals surface area contributed by atoms with E-state index >= 15 is 0 Å². The molecule has 2 rings (SSSR count). The minimum Gasteiger partial charge on any atom is -0.462 e. The number of aliphatic hydroxyl groups is 1. The fourth-order valence-electron chi connectivity index (χ4n) is 2.05. The molecule has 1 fully saturated rings. The minimum atomic E-state index is -0.649. The highest BCUT2D eigenvalue weighted by atomic mass is 16.5. The van der Waals surface area contributed by atoms with Gasteiger partial charge in [-0.1, -0.05) is 6.92 Å². The highest BCUT2D eigenvalue weighted by Crippen LogP contribution is 2.30. The number of pyridine rings is 1. The molecule has 0 saturated carbocycles. The van der Waals surface area contributed by atoms with Crippen molar-refractivity contribution in [2.45, 2.75) is 25.9 Å². The zero-order valence-electron chi connectivity index (χ0n) is 10.7. The maximum Gasteiger partial charge on any atom is 0.341 e. The maximum atomic E-state index is 11.8. The molecule has 2 heterocycles. The van der Waals surface area contributed by atoms with Crippen LogP contribution in [0.15, 0.2) is 18.3 Å². The number of aromatic nitrogens is 1. The molecule has 5 nitrogen and oxygen atoms in total. The molecule has 18 heavy (non-hydrogen) atoms. The van der Waals surface area contributed by atoms with Gasteiger partial charge in [-0.25, -0.2) is 9.78 Å². The van der Waals surface area contributed by atoms with Gasteiger partial charge in [-0.3, -0.25) is 0 Å². The molecular formula is C13H18N2O3. The Kier molecular flexibility index (Phi) is 3.52. The summed E-state index contributed by atoms with van der Waals surface area (Å²) in [4.78, 5) is 17.9. The van der Waals surface area contributed by atoms with E-state index in [0.29, 0.717) is 37.5 Å². The van der Waals surface area contributed by atoms with Crippen LogP contribution in [0.2, 0.25) is 0 Å². The molecule has 1 aromatic rings. The number of carbonyl (C=O) groups excluding carboxylic acids is 1. The predicted molar refractivity (Wildman–Crippen MR) is 67.6 cm³/mol. The molecule has 0 aliphatic carbocycles. The second kappa shape index (κ2) is 4.94. The van der Waals surface area contributed by atoms with Gasteiger partial charge in [0, 0.05) is 19.3 Å². The lowest BCUT2D eigenvalue weighted by molar-refractivity contribution is 0.00772. The topological polar surface area (TPSA) is 62.7 Å². The number of β-amino-alcohol motifs (C(OH)–C–C–N with tert-alkyl or cyclic N) is 1. The van der Waals surface area contributed by atoms with E-state index in [-0.39, 0.29) is 5.97 Å². The van der Waals surface area contributed by atoms with Gasteiger partial charge in [0.15, 0.2) is 0 Å². The van der Waals surface area contributed by atoms with Crippen LogP contribution in [-0.4, -0.2) is 41.4 Å². The Morgan fingerprint density at radius 1 is 1.56 bits per heavy atom. The lowest BCUT2D eigenvalue weighted by Gasteiger charge is -2.47. The van der Waals surface area contributed by atoms with E-state index in [1.54, 1.807) is 25.3 Å². The molecule has 0 aromatic carbocycles. The van der Waals surface area contributed by atoms with Gasteiger partial charge in [0.05, 0.1) is 12.2 Å². The van der Waals surface area contributed by atoms with Gasteiger partial charge in [0.25, 0.3) is 0 Å². The number of ether oxygens (including phenoxy) is 1. The Morgan fingerprint density at radius 3 is 2.89 bits per heavy atom. The number of nitrogens with zero attached hydrogens (tertiary/aromatic N) is 2. The van der Waals surface area contributed by atoms with Crippen molar-refractivity contribution in [3.05, 3.63) is 23.9 Å². The first-order chi connectivity index (χ1) is 8.59. The van der Waals surface area contributed by atoms with Crippen molar-refractivity contribution in [3.8, 4) is 0 Å². The Labute approximate surface area is 106 Å².